The molecule has 0 bridgehead atoms. The molecule has 0 radical (unpaired) electrons. The van der Waals surface area contributed by atoms with Crippen LogP contribution in [0.4, 0.5) is 0 Å². The van der Waals surface area contributed by atoms with Crippen molar-refractivity contribution in [1.29, 1.82) is 0 Å². The average molecular weight is 398 g/mol. The molecule has 2 aliphatic heterocycles. The molecule has 0 aliphatic carbocycles. The Balaban J connectivity index is 2.30. The Hall–Kier alpha value is -0.930. The third-order valence-electron chi connectivity index (χ3n) is 4.90. The third-order valence-corrected chi connectivity index (χ3v) is 4.90. The predicted octanol–water partition coefficient (Wildman–Crippen LogP) is -3.61. The molecule has 0 aromatic heterocycles. The van der Waals surface area contributed by atoms with Gasteiger partial charge in [-0.2, -0.15) is 0 Å². The molecule has 2 saturated heterocycles. The smallest absolute Gasteiger partial charge is 0.336 e. The van der Waals surface area contributed by atoms with Gasteiger partial charge in [0.2, 0.25) is 0 Å². The van der Waals surface area contributed by atoms with Crippen molar-refractivity contribution in [1.82, 2.24) is 0 Å². The molecular weight excluding hydrogens is 372 g/mol. The van der Waals surface area contributed by atoms with E-state index in [-0.39, 0.29) is 0 Å². The van der Waals surface area contributed by atoms with Crippen molar-refractivity contribution in [3.63, 3.8) is 0 Å². The minimum Gasteiger partial charge on any atom is -0.479 e. The molecule has 6 N–H and O–H groups in total. The van der Waals surface area contributed by atoms with Crippen LogP contribution in [0.25, 0.3) is 0 Å². The van der Waals surface area contributed by atoms with E-state index in [1.807, 2.05) is 0 Å². The number of aliphatic hydroxyl groups is 5. The van der Waals surface area contributed by atoms with Gasteiger partial charge in [-0.05, 0) is 6.92 Å². The summed E-state index contributed by atoms with van der Waals surface area (Å²) in [6, 6.07) is 0. The molecule has 2 fully saturated rings. The van der Waals surface area contributed by atoms with Crippen molar-refractivity contribution in [3.8, 4) is 0 Å². The highest BCUT2D eigenvalue weighted by atomic mass is 16.7. The van der Waals surface area contributed by atoms with Gasteiger partial charge < -0.3 is 54.3 Å². The summed E-state index contributed by atoms with van der Waals surface area (Å²) >= 11 is 0. The van der Waals surface area contributed by atoms with E-state index in [0.29, 0.717) is 0 Å². The Kier molecular flexibility index (Phi) is 7.13. The molecular formula is C15H26O12. The molecule has 2 rings (SSSR count). The lowest BCUT2D eigenvalue weighted by atomic mass is 9.85. The molecule has 12 heteroatoms. The lowest BCUT2D eigenvalue weighted by Gasteiger charge is -2.50. The number of carboxylic acids is 1. The first-order chi connectivity index (χ1) is 12.6. The summed E-state index contributed by atoms with van der Waals surface area (Å²) in [7, 11) is 2.40. The Labute approximate surface area is 154 Å². The predicted molar refractivity (Wildman–Crippen MR) is 83.4 cm³/mol. The van der Waals surface area contributed by atoms with Crippen LogP contribution in [0.1, 0.15) is 6.92 Å². The van der Waals surface area contributed by atoms with E-state index in [0.717, 1.165) is 14.0 Å². The molecule has 0 aromatic rings. The van der Waals surface area contributed by atoms with Gasteiger partial charge in [0.1, 0.15) is 42.2 Å². The number of hydrogen-bond acceptors (Lipinski definition) is 11. The topological polar surface area (TPSA) is 185 Å². The zero-order valence-corrected chi connectivity index (χ0v) is 15.0. The van der Waals surface area contributed by atoms with Crippen LogP contribution in [0.5, 0.6) is 0 Å². The maximum Gasteiger partial charge on any atom is 0.336 e. The van der Waals surface area contributed by atoms with Gasteiger partial charge in [0.05, 0.1) is 6.61 Å². The molecule has 0 amide bonds. The SMILES string of the molecule is CO[C@@H]1OC(C(=O)O)[C@@](C)(O[C@@H]2OC(CO)[C@H](OC)[C@@H](O)C2O)[C@@H](O)C1O. The molecule has 27 heavy (non-hydrogen) atoms. The van der Waals surface area contributed by atoms with Crippen LogP contribution >= 0.6 is 0 Å². The number of carbonyl (C=O) groups is 1. The van der Waals surface area contributed by atoms with Gasteiger partial charge in [0.25, 0.3) is 0 Å². The maximum absolute atomic E-state index is 11.6. The number of rotatable bonds is 6. The van der Waals surface area contributed by atoms with E-state index in [1.165, 1.54) is 7.11 Å². The molecule has 12 nitrogen and oxygen atoms in total. The van der Waals surface area contributed by atoms with Gasteiger partial charge in [-0.1, -0.05) is 0 Å². The van der Waals surface area contributed by atoms with Crippen LogP contribution in [0.3, 0.4) is 0 Å². The summed E-state index contributed by atoms with van der Waals surface area (Å²) in [6.07, 6.45) is -13.7. The first-order valence-electron chi connectivity index (χ1n) is 8.22. The fourth-order valence-corrected chi connectivity index (χ4v) is 3.31. The monoisotopic (exact) mass is 398 g/mol. The first kappa shape index (κ1) is 22.4. The Bertz CT molecular complexity index is 515. The quantitative estimate of drug-likeness (QED) is 0.259. The van der Waals surface area contributed by atoms with Crippen molar-refractivity contribution < 1.29 is 59.1 Å². The third kappa shape index (κ3) is 3.96. The van der Waals surface area contributed by atoms with Crippen LogP contribution in [-0.4, -0.2) is 118 Å². The second-order valence-electron chi connectivity index (χ2n) is 6.60. The molecule has 0 aromatic carbocycles. The highest BCUT2D eigenvalue weighted by molar-refractivity contribution is 5.74. The second kappa shape index (κ2) is 8.61. The van der Waals surface area contributed by atoms with Gasteiger partial charge in [-0.3, -0.25) is 0 Å². The van der Waals surface area contributed by atoms with E-state index in [9.17, 15) is 35.4 Å². The zero-order valence-electron chi connectivity index (χ0n) is 15.0. The van der Waals surface area contributed by atoms with Crippen LogP contribution in [0, 0.1) is 0 Å². The average Bonchev–Trinajstić information content (AvgIpc) is 2.63. The van der Waals surface area contributed by atoms with Gasteiger partial charge in [0.15, 0.2) is 18.7 Å². The fourth-order valence-electron chi connectivity index (χ4n) is 3.31. The number of aliphatic carboxylic acids is 1. The highest BCUT2D eigenvalue weighted by Gasteiger charge is 2.59. The first-order valence-corrected chi connectivity index (χ1v) is 8.22. The normalized spacial score (nSPS) is 48.4. The molecule has 0 spiro atoms. The van der Waals surface area contributed by atoms with E-state index in [2.05, 4.69) is 0 Å². The van der Waals surface area contributed by atoms with Crippen molar-refractivity contribution in [2.75, 3.05) is 20.8 Å². The highest BCUT2D eigenvalue weighted by Crippen LogP contribution is 2.37. The zero-order chi connectivity index (χ0) is 20.5. The molecule has 2 heterocycles. The summed E-state index contributed by atoms with van der Waals surface area (Å²) in [6.45, 7) is 0.555. The summed E-state index contributed by atoms with van der Waals surface area (Å²) in [5.41, 5.74) is -2.09. The molecule has 10 atom stereocenters. The number of methoxy groups -OCH3 is 2. The van der Waals surface area contributed by atoms with E-state index in [4.69, 9.17) is 23.7 Å². The minimum atomic E-state index is -2.09. The summed E-state index contributed by atoms with van der Waals surface area (Å²) < 4.78 is 25.9. The number of carboxylic acid groups (broad SMARTS) is 1. The summed E-state index contributed by atoms with van der Waals surface area (Å²) in [5, 5.41) is 59.8. The Morgan fingerprint density at radius 3 is 2.11 bits per heavy atom. The molecule has 0 saturated carbocycles. The van der Waals surface area contributed by atoms with Crippen LogP contribution in [-0.2, 0) is 28.5 Å². The van der Waals surface area contributed by atoms with Gasteiger partial charge in [-0.15, -0.1) is 0 Å². The molecule has 158 valence electrons. The van der Waals surface area contributed by atoms with Gasteiger partial charge in [0, 0.05) is 14.2 Å². The Morgan fingerprint density at radius 2 is 1.63 bits per heavy atom. The number of aliphatic hydroxyl groups excluding tert-OH is 5. The fraction of sp³-hybridized carbons (Fsp3) is 0.933. The molecule has 2 aliphatic rings. The van der Waals surface area contributed by atoms with Gasteiger partial charge in [-0.25, -0.2) is 4.79 Å². The summed E-state index contributed by atoms with van der Waals surface area (Å²) in [5.74, 6) is -1.52. The summed E-state index contributed by atoms with van der Waals surface area (Å²) in [4.78, 5) is 11.6. The van der Waals surface area contributed by atoms with Crippen molar-refractivity contribution in [2.45, 2.75) is 67.8 Å². The largest absolute Gasteiger partial charge is 0.479 e. The second-order valence-corrected chi connectivity index (χ2v) is 6.60. The van der Waals surface area contributed by atoms with E-state index in [1.54, 1.807) is 0 Å². The van der Waals surface area contributed by atoms with E-state index < -0.39 is 73.5 Å². The standard InChI is InChI=1S/C15H26O12/c1-15(10(20)8(19)13(24-3)26-11(15)12(21)22)27-14-7(18)6(17)9(23-2)5(4-16)25-14/h5-11,13-14,16-20H,4H2,1-3H3,(H,21,22)/t5?,6-,7?,8?,9-,10-,11?,13+,14-,15-/m0/s1. The number of ether oxygens (including phenoxy) is 5. The van der Waals surface area contributed by atoms with Crippen LogP contribution in [0.15, 0.2) is 0 Å². The van der Waals surface area contributed by atoms with Crippen LogP contribution in [0.2, 0.25) is 0 Å². The van der Waals surface area contributed by atoms with Crippen LogP contribution < -0.4 is 0 Å². The Morgan fingerprint density at radius 1 is 1.00 bits per heavy atom. The number of hydrogen-bond donors (Lipinski definition) is 6. The van der Waals surface area contributed by atoms with Crippen molar-refractivity contribution in [2.24, 2.45) is 0 Å². The lowest BCUT2D eigenvalue weighted by Crippen LogP contribution is -2.70. The van der Waals surface area contributed by atoms with Crippen molar-refractivity contribution in [3.05, 3.63) is 0 Å². The lowest BCUT2D eigenvalue weighted by molar-refractivity contribution is -0.379. The maximum atomic E-state index is 11.6. The molecule has 4 unspecified atom stereocenters. The van der Waals surface area contributed by atoms with Gasteiger partial charge >= 0.3 is 5.97 Å². The van der Waals surface area contributed by atoms with E-state index >= 15 is 0 Å². The van der Waals surface area contributed by atoms with Crippen molar-refractivity contribution >= 4 is 5.97 Å². The minimum absolute atomic E-state index is 0.589.